The van der Waals surface area contributed by atoms with Crippen LogP contribution in [0.1, 0.15) is 112 Å². The Morgan fingerprint density at radius 1 is 1.03 bits per heavy atom. The third kappa shape index (κ3) is 21.9. The molecule has 2 fully saturated rings. The lowest BCUT2D eigenvalue weighted by molar-refractivity contribution is -0.122. The van der Waals surface area contributed by atoms with Gasteiger partial charge in [-0.3, -0.25) is 28.9 Å². The number of nitrogens with zero attached hydrogens (tertiary/aromatic N) is 7. The van der Waals surface area contributed by atoms with E-state index in [1.165, 1.54) is 35.8 Å². The van der Waals surface area contributed by atoms with Gasteiger partial charge in [-0.1, -0.05) is 57.9 Å². The SMILES string of the molecule is C=CNC=O.CCC(C)N(C(=Nc1ccc(C=O)cc1OC)/C(=C\N=CN)N(C)C=O)C1CCCC1.CCCC(C)N1Cc2ccccc2C1=O.CNC(=O)CN(CCO)CCOCCN1CCC(NC)CC1. The number of amides is 4. The van der Waals surface area contributed by atoms with Gasteiger partial charge in [-0.25, -0.2) is 9.98 Å². The number of benzene rings is 2. The molecule has 3 aliphatic rings. The van der Waals surface area contributed by atoms with Crippen molar-refractivity contribution in [3.63, 3.8) is 0 Å². The molecule has 1 saturated carbocycles. The molecule has 2 aromatic carbocycles. The van der Waals surface area contributed by atoms with Gasteiger partial charge in [0.2, 0.25) is 18.7 Å². The second-order valence-corrected chi connectivity index (χ2v) is 18.0. The quantitative estimate of drug-likeness (QED) is 0.0365. The van der Waals surface area contributed by atoms with Crippen LogP contribution in [0.2, 0.25) is 0 Å². The smallest absolute Gasteiger partial charge is 0.254 e. The van der Waals surface area contributed by atoms with Crippen LogP contribution in [0.3, 0.4) is 0 Å². The molecule has 19 nitrogen and oxygen atoms in total. The molecule has 4 amide bonds. The van der Waals surface area contributed by atoms with Gasteiger partial charge < -0.3 is 55.9 Å². The van der Waals surface area contributed by atoms with Crippen molar-refractivity contribution in [2.45, 2.75) is 116 Å². The maximum Gasteiger partial charge on any atom is 0.254 e. The molecule has 406 valence electrons. The summed E-state index contributed by atoms with van der Waals surface area (Å²) in [6, 6.07) is 14.5. The van der Waals surface area contributed by atoms with Crippen LogP contribution in [0, 0.1) is 0 Å². The summed E-state index contributed by atoms with van der Waals surface area (Å²) in [6.45, 7) is 18.6. The number of aldehydes is 1. The number of hydrogen-bond acceptors (Lipinski definition) is 13. The third-order valence-corrected chi connectivity index (χ3v) is 13.1. The highest BCUT2D eigenvalue weighted by Crippen LogP contribution is 2.33. The number of methoxy groups -OCH3 is 1. The van der Waals surface area contributed by atoms with Crippen LogP contribution >= 0.6 is 0 Å². The molecule has 19 heteroatoms. The standard InChI is InChI=1S/C23H33N5O3.C15H32N4O3.C13H17NO.C3H5NO/c1-5-17(2)28(19-8-6-7-9-19)23(21(13-25-15-24)27(3)16-30)26-20-11-10-18(14-29)12-22(20)31-4;1-16-14-3-5-18(6-4-14)8-11-22-12-9-19(7-10-20)13-15(21)17-2;1-3-6-10(2)14-9-11-7-4-5-8-12(11)13(14)15;1-2-4-3-5/h10-17,19H,5-9H2,1-4H3,(H2,24,25);14,16,20H,3-13H2,1-2H3,(H,17,21);4-5,7-8,10H,3,6,9H2,1-2H3;2-3H,1H2,(H,4,5)/b21-13+,26-23?;;;. The molecule has 0 spiro atoms. The summed E-state index contributed by atoms with van der Waals surface area (Å²) in [5.41, 5.74) is 9.14. The Morgan fingerprint density at radius 2 is 1.74 bits per heavy atom. The Hall–Kier alpha value is -5.99. The number of piperidine rings is 1. The first-order chi connectivity index (χ1) is 35.3. The van der Waals surface area contributed by atoms with Gasteiger partial charge in [-0.15, -0.1) is 0 Å². The van der Waals surface area contributed by atoms with E-state index in [9.17, 15) is 24.0 Å². The molecule has 0 bridgehead atoms. The molecule has 2 aliphatic heterocycles. The number of likely N-dealkylation sites (N-methyl/N-ethyl adjacent to an activating group) is 2. The van der Waals surface area contributed by atoms with Crippen molar-refractivity contribution in [1.82, 2.24) is 40.4 Å². The fraction of sp³-hybridized carbons (Fsp3) is 0.574. The number of nitrogens with one attached hydrogen (secondary N) is 3. The second-order valence-electron chi connectivity index (χ2n) is 18.0. The van der Waals surface area contributed by atoms with E-state index in [-0.39, 0.29) is 24.5 Å². The van der Waals surface area contributed by atoms with E-state index < -0.39 is 0 Å². The van der Waals surface area contributed by atoms with Gasteiger partial charge in [0.25, 0.3) is 5.91 Å². The van der Waals surface area contributed by atoms with Crippen molar-refractivity contribution in [1.29, 1.82) is 0 Å². The van der Waals surface area contributed by atoms with Crippen LogP contribution in [-0.2, 0) is 25.7 Å². The predicted octanol–water partition coefficient (Wildman–Crippen LogP) is 4.93. The topological polar surface area (TPSA) is 227 Å². The Kier molecular flexibility index (Phi) is 31.9. The summed E-state index contributed by atoms with van der Waals surface area (Å²) in [5.74, 6) is 1.26. The van der Waals surface area contributed by atoms with Gasteiger partial charge in [0, 0.05) is 75.6 Å². The Labute approximate surface area is 435 Å². The van der Waals surface area contributed by atoms with E-state index in [1.807, 2.05) is 41.1 Å². The zero-order valence-electron chi connectivity index (χ0n) is 45.0. The molecule has 1 saturated heterocycles. The number of amidine groups is 1. The number of carbonyl (C=O) groups excluding carboxylic acids is 5. The monoisotopic (exact) mass is 1020 g/mol. The average molecular weight is 1020 g/mol. The van der Waals surface area contributed by atoms with E-state index >= 15 is 0 Å². The lowest BCUT2D eigenvalue weighted by Gasteiger charge is -2.38. The van der Waals surface area contributed by atoms with Crippen molar-refractivity contribution >= 4 is 48.8 Å². The highest BCUT2D eigenvalue weighted by atomic mass is 16.5. The van der Waals surface area contributed by atoms with Crippen LogP contribution in [0.5, 0.6) is 5.75 Å². The highest BCUT2D eigenvalue weighted by molar-refractivity contribution is 6.02. The minimum Gasteiger partial charge on any atom is -0.494 e. The molecule has 1 aliphatic carbocycles. The fourth-order valence-corrected chi connectivity index (χ4v) is 8.70. The molecule has 2 heterocycles. The number of hydrogen-bond donors (Lipinski definition) is 5. The molecule has 2 aromatic rings. The first-order valence-electron chi connectivity index (χ1n) is 25.7. The molecule has 5 rings (SSSR count). The number of carbonyl (C=O) groups is 5. The van der Waals surface area contributed by atoms with Gasteiger partial charge in [-0.2, -0.15) is 0 Å². The van der Waals surface area contributed by atoms with Crippen molar-refractivity contribution in [3.05, 3.63) is 83.8 Å². The summed E-state index contributed by atoms with van der Waals surface area (Å²) >= 11 is 0. The van der Waals surface area contributed by atoms with Gasteiger partial charge in [0.15, 0.2) is 5.84 Å². The second kappa shape index (κ2) is 36.8. The summed E-state index contributed by atoms with van der Waals surface area (Å²) in [5, 5.41) is 17.1. The highest BCUT2D eigenvalue weighted by Gasteiger charge is 2.32. The van der Waals surface area contributed by atoms with E-state index in [4.69, 9.17) is 25.3 Å². The number of ether oxygens (including phenoxy) is 2. The Balaban J connectivity index is 0.000000377. The van der Waals surface area contributed by atoms with E-state index in [0.717, 1.165) is 96.0 Å². The summed E-state index contributed by atoms with van der Waals surface area (Å²) in [4.78, 5) is 74.6. The number of nitrogens with two attached hydrogens (primary N) is 1. The van der Waals surface area contributed by atoms with Crippen LogP contribution in [0.15, 0.2) is 77.1 Å². The van der Waals surface area contributed by atoms with E-state index in [0.29, 0.717) is 79.3 Å². The van der Waals surface area contributed by atoms with Gasteiger partial charge in [0.05, 0.1) is 46.0 Å². The van der Waals surface area contributed by atoms with Gasteiger partial charge in [-0.05, 0) is 109 Å². The normalized spacial score (nSPS) is 15.9. The van der Waals surface area contributed by atoms with Crippen LogP contribution in [0.4, 0.5) is 5.69 Å². The Morgan fingerprint density at radius 3 is 2.29 bits per heavy atom. The average Bonchev–Trinajstić information content (AvgIpc) is 4.07. The number of aliphatic hydroxyl groups excluding tert-OH is 1. The molecule has 73 heavy (non-hydrogen) atoms. The number of fused-ring (bicyclic) bond motifs is 1. The lowest BCUT2D eigenvalue weighted by Crippen LogP contribution is -2.47. The van der Waals surface area contributed by atoms with Crippen LogP contribution in [0.25, 0.3) is 0 Å². The Bertz CT molecular complexity index is 2030. The summed E-state index contributed by atoms with van der Waals surface area (Å²) in [6.07, 6.45) is 16.0. The third-order valence-electron chi connectivity index (χ3n) is 13.1. The number of aliphatic imine (C=N–C) groups is 2. The maximum atomic E-state index is 12.0. The minimum atomic E-state index is -0.0409. The van der Waals surface area contributed by atoms with E-state index in [1.54, 1.807) is 45.6 Å². The van der Waals surface area contributed by atoms with Crippen molar-refractivity contribution in [3.8, 4) is 5.75 Å². The fourth-order valence-electron chi connectivity index (χ4n) is 8.70. The lowest BCUT2D eigenvalue weighted by atomic mass is 10.1. The zero-order valence-corrected chi connectivity index (χ0v) is 45.0. The van der Waals surface area contributed by atoms with Crippen molar-refractivity contribution < 1.29 is 38.6 Å². The van der Waals surface area contributed by atoms with E-state index in [2.05, 4.69) is 65.0 Å². The van der Waals surface area contributed by atoms with Crippen LogP contribution < -0.4 is 26.4 Å². The maximum absolute atomic E-state index is 12.0. The van der Waals surface area contributed by atoms with Crippen molar-refractivity contribution in [2.24, 2.45) is 15.7 Å². The predicted molar refractivity (Wildman–Crippen MR) is 291 cm³/mol. The summed E-state index contributed by atoms with van der Waals surface area (Å²) in [7, 11) is 6.85. The van der Waals surface area contributed by atoms with Crippen LogP contribution in [-0.4, -0.2) is 184 Å². The molecule has 0 radical (unpaired) electrons. The van der Waals surface area contributed by atoms with Gasteiger partial charge in [0.1, 0.15) is 23.4 Å². The number of likely N-dealkylation sites (tertiary alicyclic amines) is 1. The summed E-state index contributed by atoms with van der Waals surface area (Å²) < 4.78 is 11.2. The van der Waals surface area contributed by atoms with Gasteiger partial charge >= 0.3 is 0 Å². The van der Waals surface area contributed by atoms with Crippen molar-refractivity contribution in [2.75, 3.05) is 87.3 Å². The largest absolute Gasteiger partial charge is 0.494 e. The molecule has 0 aromatic heterocycles. The first-order valence-corrected chi connectivity index (χ1v) is 25.7. The number of rotatable bonds is 26. The minimum absolute atomic E-state index is 0.0409. The zero-order chi connectivity index (χ0) is 54.0. The molecule has 6 N–H and O–H groups in total. The molecular formula is C54H87N11O8. The molecule has 2 unspecified atom stereocenters. The first kappa shape index (κ1) is 63.1. The number of aliphatic hydroxyl groups is 1. The molecule has 2 atom stereocenters. The molecular weight excluding hydrogens is 931 g/mol.